The summed E-state index contributed by atoms with van der Waals surface area (Å²) in [5.74, 6) is 3.74. The Morgan fingerprint density at radius 1 is 1.15 bits per heavy atom. The molecule has 0 amide bonds. The summed E-state index contributed by atoms with van der Waals surface area (Å²) in [7, 11) is 0. The van der Waals surface area contributed by atoms with Gasteiger partial charge in [0.25, 0.3) is 0 Å². The van der Waals surface area contributed by atoms with Crippen molar-refractivity contribution in [3.8, 4) is 0 Å². The van der Waals surface area contributed by atoms with Crippen molar-refractivity contribution in [2.75, 3.05) is 13.1 Å². The minimum absolute atomic E-state index is 0.432. The Bertz CT molecular complexity index is 404. The van der Waals surface area contributed by atoms with E-state index in [1.54, 1.807) is 0 Å². The molecule has 112 valence electrons. The van der Waals surface area contributed by atoms with Gasteiger partial charge in [-0.15, -0.1) is 0 Å². The topological polar surface area (TPSA) is 51.0 Å². The lowest BCUT2D eigenvalue weighted by molar-refractivity contribution is 0.290. The van der Waals surface area contributed by atoms with E-state index in [0.717, 1.165) is 30.7 Å². The van der Waals surface area contributed by atoms with Gasteiger partial charge in [-0.3, -0.25) is 0 Å². The summed E-state index contributed by atoms with van der Waals surface area (Å²) in [6.45, 7) is 4.40. The van der Waals surface area contributed by atoms with Crippen molar-refractivity contribution >= 4 is 0 Å². The van der Waals surface area contributed by atoms with Gasteiger partial charge in [-0.1, -0.05) is 24.9 Å². The van der Waals surface area contributed by atoms with Gasteiger partial charge >= 0.3 is 0 Å². The molecule has 0 unspecified atom stereocenters. The summed E-state index contributed by atoms with van der Waals surface area (Å²) in [4.78, 5) is 4.71. The Morgan fingerprint density at radius 3 is 2.70 bits per heavy atom. The summed E-state index contributed by atoms with van der Waals surface area (Å²) in [6.07, 6.45) is 10.3. The lowest BCUT2D eigenvalue weighted by atomic mass is 9.80. The second-order valence-electron chi connectivity index (χ2n) is 6.54. The van der Waals surface area contributed by atoms with Crippen LogP contribution < -0.4 is 5.32 Å². The second-order valence-corrected chi connectivity index (χ2v) is 6.54. The number of rotatable bonds is 4. The Balaban J connectivity index is 1.57. The zero-order valence-corrected chi connectivity index (χ0v) is 12.6. The molecule has 0 spiro atoms. The van der Waals surface area contributed by atoms with Crippen LogP contribution in [0.3, 0.4) is 0 Å². The van der Waals surface area contributed by atoms with Gasteiger partial charge in [0.05, 0.1) is 5.92 Å². The highest BCUT2D eigenvalue weighted by Gasteiger charge is 2.27. The van der Waals surface area contributed by atoms with Gasteiger partial charge in [-0.05, 0) is 51.0 Å². The molecule has 2 aliphatic rings. The predicted molar refractivity (Wildman–Crippen MR) is 78.7 cm³/mol. The monoisotopic (exact) mass is 277 g/mol. The molecular formula is C16H27N3O. The van der Waals surface area contributed by atoms with E-state index in [9.17, 15) is 0 Å². The molecule has 1 aliphatic carbocycles. The molecule has 3 rings (SSSR count). The molecule has 1 saturated heterocycles. The normalized spacial score (nSPS) is 31.4. The van der Waals surface area contributed by atoms with Gasteiger partial charge in [-0.2, -0.15) is 4.98 Å². The standard InChI is InChI=1S/C16H27N3O/c1-2-4-12-6-8-13(9-7-12)15-18-16(20-19-15)14-5-3-10-17-11-14/h12-14,17H,2-11H2,1H3/t12?,13?,14-/m1/s1. The third-order valence-electron chi connectivity index (χ3n) is 5.01. The first kappa shape index (κ1) is 14.1. The SMILES string of the molecule is CCCC1CCC(c2noc([C@@H]3CCCNC3)n2)CC1. The van der Waals surface area contributed by atoms with Crippen molar-refractivity contribution < 1.29 is 4.52 Å². The van der Waals surface area contributed by atoms with Gasteiger partial charge < -0.3 is 9.84 Å². The lowest BCUT2D eigenvalue weighted by Crippen LogP contribution is -2.28. The van der Waals surface area contributed by atoms with Gasteiger partial charge in [0.2, 0.25) is 5.89 Å². The van der Waals surface area contributed by atoms with Crippen LogP contribution in [-0.2, 0) is 0 Å². The van der Waals surface area contributed by atoms with Crippen LogP contribution in [0.1, 0.15) is 81.8 Å². The van der Waals surface area contributed by atoms with Crippen molar-refractivity contribution in [2.45, 2.75) is 70.1 Å². The summed E-state index contributed by atoms with van der Waals surface area (Å²) in [5, 5.41) is 7.69. The number of nitrogens with zero attached hydrogens (tertiary/aromatic N) is 2. The van der Waals surface area contributed by atoms with Gasteiger partial charge in [0, 0.05) is 12.5 Å². The third-order valence-corrected chi connectivity index (χ3v) is 5.01. The van der Waals surface area contributed by atoms with Crippen LogP contribution in [0, 0.1) is 5.92 Å². The van der Waals surface area contributed by atoms with Gasteiger partial charge in [0.1, 0.15) is 0 Å². The summed E-state index contributed by atoms with van der Waals surface area (Å²) in [5.41, 5.74) is 0. The minimum Gasteiger partial charge on any atom is -0.339 e. The maximum atomic E-state index is 5.53. The highest BCUT2D eigenvalue weighted by atomic mass is 16.5. The first-order valence-electron chi connectivity index (χ1n) is 8.41. The fourth-order valence-electron chi connectivity index (χ4n) is 3.76. The van der Waals surface area contributed by atoms with E-state index in [0.29, 0.717) is 11.8 Å². The highest BCUT2D eigenvalue weighted by molar-refractivity contribution is 5.02. The van der Waals surface area contributed by atoms with Gasteiger partial charge in [-0.25, -0.2) is 0 Å². The second kappa shape index (κ2) is 6.70. The Hall–Kier alpha value is -0.900. The zero-order chi connectivity index (χ0) is 13.8. The number of nitrogens with one attached hydrogen (secondary N) is 1. The molecule has 1 atom stereocenters. The van der Waals surface area contributed by atoms with E-state index < -0.39 is 0 Å². The molecule has 20 heavy (non-hydrogen) atoms. The van der Waals surface area contributed by atoms with E-state index in [1.807, 2.05) is 0 Å². The number of hydrogen-bond donors (Lipinski definition) is 1. The zero-order valence-electron chi connectivity index (χ0n) is 12.6. The molecule has 4 nitrogen and oxygen atoms in total. The fourth-order valence-corrected chi connectivity index (χ4v) is 3.76. The molecule has 0 aromatic carbocycles. The highest BCUT2D eigenvalue weighted by Crippen LogP contribution is 2.36. The summed E-state index contributed by atoms with van der Waals surface area (Å²) < 4.78 is 5.53. The van der Waals surface area contributed by atoms with Crippen molar-refractivity contribution in [3.63, 3.8) is 0 Å². The molecule has 1 aromatic rings. The quantitative estimate of drug-likeness (QED) is 0.913. The summed E-state index contributed by atoms with van der Waals surface area (Å²) >= 11 is 0. The Labute approximate surface area is 121 Å². The predicted octanol–water partition coefficient (Wildman–Crippen LogP) is 3.61. The first-order chi connectivity index (χ1) is 9.86. The molecule has 1 aromatic heterocycles. The van der Waals surface area contributed by atoms with Crippen LogP contribution in [0.5, 0.6) is 0 Å². The molecule has 0 radical (unpaired) electrons. The van der Waals surface area contributed by atoms with Crippen molar-refractivity contribution in [2.24, 2.45) is 5.92 Å². The van der Waals surface area contributed by atoms with Crippen molar-refractivity contribution in [1.29, 1.82) is 0 Å². The maximum absolute atomic E-state index is 5.53. The van der Waals surface area contributed by atoms with E-state index in [4.69, 9.17) is 9.51 Å². The van der Waals surface area contributed by atoms with Gasteiger partial charge in [0.15, 0.2) is 5.82 Å². The number of piperidine rings is 1. The third kappa shape index (κ3) is 3.22. The molecule has 2 heterocycles. The first-order valence-corrected chi connectivity index (χ1v) is 8.41. The van der Waals surface area contributed by atoms with E-state index in [-0.39, 0.29) is 0 Å². The smallest absolute Gasteiger partial charge is 0.231 e. The Morgan fingerprint density at radius 2 is 2.00 bits per heavy atom. The van der Waals surface area contributed by atoms with Crippen LogP contribution in [0.2, 0.25) is 0 Å². The minimum atomic E-state index is 0.432. The fraction of sp³-hybridized carbons (Fsp3) is 0.875. The average molecular weight is 277 g/mol. The molecule has 4 heteroatoms. The van der Waals surface area contributed by atoms with E-state index >= 15 is 0 Å². The lowest BCUT2D eigenvalue weighted by Gasteiger charge is -2.26. The van der Waals surface area contributed by atoms with Crippen LogP contribution in [-0.4, -0.2) is 23.2 Å². The number of hydrogen-bond acceptors (Lipinski definition) is 4. The van der Waals surface area contributed by atoms with Crippen LogP contribution >= 0.6 is 0 Å². The summed E-state index contributed by atoms with van der Waals surface area (Å²) in [6, 6.07) is 0. The van der Waals surface area contributed by atoms with Crippen molar-refractivity contribution in [1.82, 2.24) is 15.5 Å². The molecule has 1 saturated carbocycles. The van der Waals surface area contributed by atoms with Crippen molar-refractivity contribution in [3.05, 3.63) is 11.7 Å². The molecule has 1 N–H and O–H groups in total. The average Bonchev–Trinajstić information content (AvgIpc) is 2.99. The molecule has 2 fully saturated rings. The van der Waals surface area contributed by atoms with Crippen LogP contribution in [0.25, 0.3) is 0 Å². The molecular weight excluding hydrogens is 250 g/mol. The Kier molecular flexibility index (Phi) is 4.71. The largest absolute Gasteiger partial charge is 0.339 e. The van der Waals surface area contributed by atoms with Crippen LogP contribution in [0.15, 0.2) is 4.52 Å². The van der Waals surface area contributed by atoms with E-state index in [1.165, 1.54) is 51.4 Å². The van der Waals surface area contributed by atoms with Crippen LogP contribution in [0.4, 0.5) is 0 Å². The molecule has 0 bridgehead atoms. The van der Waals surface area contributed by atoms with E-state index in [2.05, 4.69) is 17.4 Å². The molecule has 1 aliphatic heterocycles. The number of aromatic nitrogens is 2. The maximum Gasteiger partial charge on any atom is 0.231 e.